The number of ether oxygens (including phenoxy) is 8. The Balaban J connectivity index is 0.000000358. The number of halogens is 4. The molecular weight excluding hydrogens is 2300 g/mol. The van der Waals surface area contributed by atoms with Crippen molar-refractivity contribution in [3.05, 3.63) is 275 Å². The summed E-state index contributed by atoms with van der Waals surface area (Å²) in [6, 6.07) is 41.0. The molecule has 0 fully saturated rings. The van der Waals surface area contributed by atoms with Crippen molar-refractivity contribution in [2.24, 2.45) is 5.73 Å². The van der Waals surface area contributed by atoms with Crippen molar-refractivity contribution in [1.29, 1.82) is 0 Å². The number of anilines is 5. The largest absolute Gasteiger partial charge is 0.465 e. The van der Waals surface area contributed by atoms with Crippen LogP contribution in [0.15, 0.2) is 198 Å². The van der Waals surface area contributed by atoms with Gasteiger partial charge in [-0.2, -0.15) is 0 Å². The number of fused-ring (bicyclic) bond motifs is 5. The topological polar surface area (TPSA) is 465 Å². The molecule has 143 heavy (non-hydrogen) atoms. The van der Waals surface area contributed by atoms with Crippen molar-refractivity contribution in [3.8, 4) is 0 Å². The molecule has 34 nitrogen and oxygen atoms in total. The average molecular weight is 2430 g/mol. The molecular formula is C104H128ClI3N16O18Sn. The van der Waals surface area contributed by atoms with Gasteiger partial charge in [-0.15, -0.1) is 0 Å². The fourth-order valence-electron chi connectivity index (χ4n) is 13.6. The summed E-state index contributed by atoms with van der Waals surface area (Å²) < 4.78 is 49.1. The van der Waals surface area contributed by atoms with E-state index in [2.05, 4.69) is 169 Å². The van der Waals surface area contributed by atoms with Crippen molar-refractivity contribution in [3.63, 3.8) is 0 Å². The second-order valence-corrected chi connectivity index (χ2v) is 51.5. The third-order valence-electron chi connectivity index (χ3n) is 20.2. The maximum absolute atomic E-state index is 12.2. The van der Waals surface area contributed by atoms with Gasteiger partial charge in [-0.05, 0) is 249 Å². The van der Waals surface area contributed by atoms with E-state index in [1.165, 1.54) is 106 Å². The van der Waals surface area contributed by atoms with Gasteiger partial charge >= 0.3 is 150 Å². The number of para-hydroxylation sites is 1. The summed E-state index contributed by atoms with van der Waals surface area (Å²) in [6.07, 6.45) is 15.3. The predicted molar refractivity (Wildman–Crippen MR) is 595 cm³/mol. The normalized spacial score (nSPS) is 10.7. The number of carbonyl (C=O) groups excluding carboxylic acids is 8. The first-order valence-electron chi connectivity index (χ1n) is 44.6. The van der Waals surface area contributed by atoms with Gasteiger partial charge in [-0.3, -0.25) is 25.5 Å². The summed E-state index contributed by atoms with van der Waals surface area (Å²) in [4.78, 5) is 155. The fourth-order valence-corrected chi connectivity index (χ4v) is 28.6. The number of methoxy groups -OCH3 is 5. The molecule has 764 valence electrons. The first kappa shape index (κ1) is 121. The van der Waals surface area contributed by atoms with E-state index in [1.807, 2.05) is 158 Å². The Labute approximate surface area is 884 Å². The molecule has 0 spiro atoms. The maximum Gasteiger partial charge on any atom is 0.412 e. The number of carbonyl (C=O) groups is 8. The van der Waals surface area contributed by atoms with E-state index < -0.39 is 83.3 Å². The van der Waals surface area contributed by atoms with E-state index in [0.29, 0.717) is 130 Å². The molecule has 5 aromatic heterocycles. The quantitative estimate of drug-likeness (QED) is 0.00820. The van der Waals surface area contributed by atoms with Crippen LogP contribution in [0.4, 0.5) is 43.1 Å². The molecule has 0 unspecified atom stereocenters. The van der Waals surface area contributed by atoms with Gasteiger partial charge in [0.05, 0.1) is 114 Å². The molecule has 8 aromatic carbocycles. The summed E-state index contributed by atoms with van der Waals surface area (Å²) in [6.45, 7) is 32.6. The number of amides is 3. The number of nitrogens with zero attached hydrogens (tertiary/aromatic N) is 8. The molecule has 9 N–H and O–H groups in total. The van der Waals surface area contributed by atoms with Gasteiger partial charge in [-0.25, -0.2) is 78.2 Å². The minimum Gasteiger partial charge on any atom is -0.465 e. The molecule has 0 aliphatic heterocycles. The number of unbranched alkanes of at least 4 members (excludes halogenated alkanes) is 3. The number of hydrogen-bond acceptors (Lipinski definition) is 29. The maximum atomic E-state index is 12.2. The Kier molecular flexibility index (Phi) is 49.9. The molecule has 0 aliphatic carbocycles. The van der Waals surface area contributed by atoms with Crippen LogP contribution in [0.3, 0.4) is 0 Å². The van der Waals surface area contributed by atoms with Crippen molar-refractivity contribution in [2.75, 3.05) is 62.1 Å². The van der Waals surface area contributed by atoms with Crippen LogP contribution in [0, 0.1) is 10.7 Å². The molecule has 0 saturated heterocycles. The second kappa shape index (κ2) is 59.0. The zero-order chi connectivity index (χ0) is 104. The van der Waals surface area contributed by atoms with Crippen molar-refractivity contribution < 1.29 is 77.7 Å². The van der Waals surface area contributed by atoms with Gasteiger partial charge in [0.2, 0.25) is 0 Å². The van der Waals surface area contributed by atoms with E-state index in [0.717, 1.165) is 38.4 Å². The van der Waals surface area contributed by atoms with Crippen LogP contribution < -0.4 is 43.4 Å². The number of aromatic nitrogens is 10. The molecule has 0 aliphatic rings. The van der Waals surface area contributed by atoms with Crippen LogP contribution in [0.25, 0.3) is 60.6 Å². The summed E-state index contributed by atoms with van der Waals surface area (Å²) in [7, 11) is 6.58. The number of benzene rings is 8. The number of rotatable bonds is 26. The van der Waals surface area contributed by atoms with Gasteiger partial charge in [0.1, 0.15) is 52.6 Å². The minimum atomic E-state index is -1.85. The molecule has 39 heteroatoms. The molecule has 0 saturated carbocycles. The van der Waals surface area contributed by atoms with Crippen LogP contribution in [0.1, 0.15) is 212 Å². The van der Waals surface area contributed by atoms with E-state index >= 15 is 0 Å². The van der Waals surface area contributed by atoms with Gasteiger partial charge in [-0.1, -0.05) is 81.6 Å². The standard InChI is InChI=1S/C24H26N4O4.C22H23IN4O4.C12H18N2O2.C10H6ClIN2O2.C10H7IN2O3.C10H8N2O3.3C4H9.C2H3.2CH4.Sn.H2/c1-6-15-11-18-20(19(12-15)22(29)31-5)26-14-27-21(18)25-13-16-8-7-9-17(10-16)28-23(30)32-24(2,3)4;1-22(2,3)31-21(29)27-15-7-5-6-13(8-15)11-24-19-16-9-14(23)10-17(20(28)30-4)18(16)25-12-26-19;1-12(2,3)16-11(15)14-10-6-4-5-9(7-10)8-13;1-16-10(15)7-3-5(12)2-6-8(7)13-4-14-9(6)11;1-16-10(15)7-3-5(11)2-6-8(7)12-4-13-9(6)14;1-15-10(14)7-4-2-3-6-8(7)11-5-12-9(6)13;3*1-3-4-2;1-2;;;;/h6-12,14H,1,13H2,2-5H3,(H,28,30)(H,25,26,27);5-10,12H,11H2,1-4H3,(H,27,29)(H,24,25,26);4-7H,8,13H2,1-3H3,(H,14,15);2-4H,1H3;2-4H,1H3,(H,12,13,14);2-5H,1H3,(H,11,12,13);3*1,3-4H2,2H3;1H,2H2;2*1H4;;1H/i;;;;;;;;;;;;;1+1. The average Bonchev–Trinajstić information content (AvgIpc) is 0.805. The number of nitrogens with two attached hydrogens (primary N) is 1. The zero-order valence-electron chi connectivity index (χ0n) is 81.7. The second-order valence-electron chi connectivity index (χ2n) is 34.2. The molecule has 13 aromatic rings. The first-order chi connectivity index (χ1) is 67.0. The molecule has 0 radical (unpaired) electrons. The first-order valence-corrected chi connectivity index (χ1v) is 55.9. The number of hydrogen-bond donors (Lipinski definition) is 8. The van der Waals surface area contributed by atoms with Gasteiger partial charge in [0.15, 0.2) is 0 Å². The Morgan fingerprint density at radius 1 is 0.420 bits per heavy atom. The molecule has 0 bridgehead atoms. The van der Waals surface area contributed by atoms with Crippen LogP contribution >= 0.6 is 79.4 Å². The number of aromatic amines is 2. The number of H-pyrrole nitrogens is 2. The van der Waals surface area contributed by atoms with Crippen LogP contribution in [-0.4, -0.2) is 169 Å². The van der Waals surface area contributed by atoms with E-state index in [-0.39, 0.29) is 27.4 Å². The molecule has 13 rings (SSSR count). The van der Waals surface area contributed by atoms with Crippen molar-refractivity contribution in [2.45, 2.75) is 186 Å². The van der Waals surface area contributed by atoms with Crippen molar-refractivity contribution >= 4 is 235 Å². The fraction of sp³-hybridized carbons (Fsp3) is 0.327. The van der Waals surface area contributed by atoms with Gasteiger partial charge in [0, 0.05) is 65.0 Å². The van der Waals surface area contributed by atoms with Crippen LogP contribution in [0.2, 0.25) is 18.5 Å². The Bertz CT molecular complexity index is 6700. The number of nitrogens with one attached hydrogen (secondary N) is 7. The summed E-state index contributed by atoms with van der Waals surface area (Å²) >= 11 is 10.4. The minimum absolute atomic E-state index is 0. The third kappa shape index (κ3) is 38.3. The number of esters is 5. The molecule has 5 heterocycles. The Morgan fingerprint density at radius 2 is 0.748 bits per heavy atom. The van der Waals surface area contributed by atoms with Gasteiger partial charge in [0.25, 0.3) is 11.1 Å². The smallest absolute Gasteiger partial charge is 0.412 e. The molecule has 3 amide bonds. The molecule has 0 atom stereocenters. The summed E-state index contributed by atoms with van der Waals surface area (Å²) in [5.41, 5.74) is 12.8. The Morgan fingerprint density at radius 3 is 1.13 bits per heavy atom. The van der Waals surface area contributed by atoms with E-state index in [4.69, 9.17) is 45.8 Å². The Hall–Kier alpha value is -12.5. The van der Waals surface area contributed by atoms with E-state index in [1.54, 1.807) is 86.1 Å². The summed E-state index contributed by atoms with van der Waals surface area (Å²) in [5.74, 6) is -1.20. The van der Waals surface area contributed by atoms with E-state index in [9.17, 15) is 47.9 Å². The zero-order valence-corrected chi connectivity index (χ0v) is 91.8. The van der Waals surface area contributed by atoms with Crippen molar-refractivity contribution in [1.82, 2.24) is 49.8 Å². The van der Waals surface area contributed by atoms with Crippen LogP contribution in [0.5, 0.6) is 0 Å². The third-order valence-corrected chi connectivity index (χ3v) is 36.3. The predicted octanol–water partition coefficient (Wildman–Crippen LogP) is 24.3. The monoisotopic (exact) mass is 2430 g/mol. The van der Waals surface area contributed by atoms with Gasteiger partial charge < -0.3 is 64.2 Å². The van der Waals surface area contributed by atoms with Crippen LogP contribution in [-0.2, 0) is 57.5 Å². The SMILES string of the molecule is C.C.C=Cc1cc(C(=O)OC)c2ncnc(NCc3cccc(NC(=O)OC(C)(C)C)c3)c2c1.C=[CH][Sn]([CH2]CCC)([CH2]CCC)[CH2]CCC.CC(C)(C)OC(=O)Nc1cccc(CN)c1.COC(=O)c1cc(I)cc2c(=O)[nH]cnc12.COC(=O)c1cc(I)cc2c(Cl)ncnc12.COC(=O)c1cc(I)cc2c(NCc3cccc(NC(=O)OC(C)(C)C)c3)ncnc12.COC(=O)c1cccc2c(=O)[nH]cnc12.[2HH]. The summed E-state index contributed by atoms with van der Waals surface area (Å²) in [5, 5.41) is 17.8.